The second-order valence-electron chi connectivity index (χ2n) is 3.76. The maximum atomic E-state index is 2.54. The molecule has 0 aromatic carbocycles. The molecular formula is C7H16N3P. The van der Waals surface area contributed by atoms with E-state index in [2.05, 4.69) is 28.4 Å². The summed E-state index contributed by atoms with van der Waals surface area (Å²) in [6.07, 6.45) is 2.69. The maximum absolute atomic E-state index is 2.54. The normalized spacial score (nSPS) is 45.8. The van der Waals surface area contributed by atoms with Crippen LogP contribution in [-0.4, -0.2) is 61.0 Å². The van der Waals surface area contributed by atoms with Gasteiger partial charge < -0.3 is 0 Å². The Balaban J connectivity index is 2.00. The van der Waals surface area contributed by atoms with E-state index in [0.29, 0.717) is 0 Å². The van der Waals surface area contributed by atoms with Gasteiger partial charge >= 0.3 is 0 Å². The smallest absolute Gasteiger partial charge is 0.0537 e. The first-order chi connectivity index (χ1) is 5.24. The molecule has 0 amide bonds. The molecule has 0 N–H and O–H groups in total. The van der Waals surface area contributed by atoms with Crippen molar-refractivity contribution in [3.05, 3.63) is 0 Å². The van der Waals surface area contributed by atoms with Crippen LogP contribution in [0.4, 0.5) is 0 Å². The molecule has 2 bridgehead atoms. The van der Waals surface area contributed by atoms with Gasteiger partial charge in [0.2, 0.25) is 0 Å². The largest absolute Gasteiger partial charge is 0.280 e. The van der Waals surface area contributed by atoms with Crippen molar-refractivity contribution in [1.82, 2.24) is 14.7 Å². The molecule has 2 atom stereocenters. The lowest BCUT2D eigenvalue weighted by atomic mass is 10.6. The summed E-state index contributed by atoms with van der Waals surface area (Å²) in [4.78, 5) is 7.46. The van der Waals surface area contributed by atoms with Crippen LogP contribution < -0.4 is 0 Å². The van der Waals surface area contributed by atoms with E-state index in [1.54, 1.807) is 0 Å². The predicted molar refractivity (Wildman–Crippen MR) is 48.6 cm³/mol. The van der Waals surface area contributed by atoms with Crippen molar-refractivity contribution in [2.75, 3.05) is 46.3 Å². The van der Waals surface area contributed by atoms with E-state index >= 15 is 0 Å². The van der Waals surface area contributed by atoms with Crippen molar-refractivity contribution in [1.29, 1.82) is 0 Å². The Hall–Kier alpha value is 0.310. The molecule has 2 unspecified atom stereocenters. The molecular weight excluding hydrogens is 157 g/mol. The molecule has 64 valence electrons. The Bertz CT molecular complexity index is 119. The molecule has 0 aromatic rings. The lowest BCUT2D eigenvalue weighted by Crippen LogP contribution is -2.56. The summed E-state index contributed by atoms with van der Waals surface area (Å²) < 4.78 is 0. The van der Waals surface area contributed by atoms with Crippen LogP contribution in [-0.2, 0) is 0 Å². The second-order valence-corrected chi connectivity index (χ2v) is 6.04. The molecule has 2 saturated heterocycles. The van der Waals surface area contributed by atoms with Crippen molar-refractivity contribution < 1.29 is 0 Å². The minimum absolute atomic E-state index is 0.281. The van der Waals surface area contributed by atoms with E-state index in [9.17, 15) is 0 Å². The van der Waals surface area contributed by atoms with Gasteiger partial charge in [-0.2, -0.15) is 0 Å². The molecule has 2 rings (SSSR count). The third kappa shape index (κ3) is 1.73. The Morgan fingerprint density at radius 1 is 1.00 bits per heavy atom. The van der Waals surface area contributed by atoms with Crippen molar-refractivity contribution >= 4 is 7.92 Å². The average Bonchev–Trinajstić information content (AvgIpc) is 1.82. The molecule has 3 nitrogen and oxygen atoms in total. The fourth-order valence-corrected chi connectivity index (χ4v) is 3.82. The van der Waals surface area contributed by atoms with Gasteiger partial charge in [-0.25, -0.2) is 0 Å². The van der Waals surface area contributed by atoms with Crippen LogP contribution in [0.3, 0.4) is 0 Å². The number of nitrogens with zero attached hydrogens (tertiary/aromatic N) is 3. The second kappa shape index (κ2) is 2.98. The topological polar surface area (TPSA) is 9.72 Å². The third-order valence-electron chi connectivity index (χ3n) is 2.17. The highest BCUT2D eigenvalue weighted by atomic mass is 31.1. The fourth-order valence-electron chi connectivity index (χ4n) is 2.01. The zero-order chi connectivity index (χ0) is 7.84. The van der Waals surface area contributed by atoms with Crippen LogP contribution >= 0.6 is 7.92 Å². The van der Waals surface area contributed by atoms with Crippen LogP contribution in [0.15, 0.2) is 0 Å². The summed E-state index contributed by atoms with van der Waals surface area (Å²) in [5, 5.41) is 0. The molecule has 2 fully saturated rings. The van der Waals surface area contributed by atoms with E-state index in [-0.39, 0.29) is 7.92 Å². The Labute approximate surface area is 69.7 Å². The summed E-state index contributed by atoms with van der Waals surface area (Å²) in [5.41, 5.74) is 0. The van der Waals surface area contributed by atoms with Crippen molar-refractivity contribution in [3.63, 3.8) is 0 Å². The zero-order valence-electron chi connectivity index (χ0n) is 7.32. The Morgan fingerprint density at radius 2 is 1.55 bits per heavy atom. The van der Waals surface area contributed by atoms with Gasteiger partial charge in [-0.15, -0.1) is 0 Å². The summed E-state index contributed by atoms with van der Waals surface area (Å²) in [6, 6.07) is 0. The maximum Gasteiger partial charge on any atom is 0.0537 e. The Morgan fingerprint density at radius 3 is 2.09 bits per heavy atom. The first kappa shape index (κ1) is 7.93. The van der Waals surface area contributed by atoms with Gasteiger partial charge in [-0.3, -0.25) is 14.7 Å². The highest BCUT2D eigenvalue weighted by Gasteiger charge is 2.27. The molecule has 0 aromatic heterocycles. The van der Waals surface area contributed by atoms with E-state index in [1.807, 2.05) is 0 Å². The van der Waals surface area contributed by atoms with Gasteiger partial charge in [0.15, 0.2) is 0 Å². The van der Waals surface area contributed by atoms with Gasteiger partial charge in [0, 0.05) is 12.6 Å². The van der Waals surface area contributed by atoms with Gasteiger partial charge in [-0.1, -0.05) is 7.92 Å². The van der Waals surface area contributed by atoms with Crippen LogP contribution in [0.1, 0.15) is 0 Å². The molecule has 0 radical (unpaired) electrons. The quantitative estimate of drug-likeness (QED) is 0.492. The van der Waals surface area contributed by atoms with Crippen LogP contribution in [0, 0.1) is 0 Å². The number of hydrogen-bond acceptors (Lipinski definition) is 3. The minimum atomic E-state index is 0.281. The highest BCUT2D eigenvalue weighted by molar-refractivity contribution is 7.56. The number of rotatable bonds is 0. The van der Waals surface area contributed by atoms with Gasteiger partial charge in [0.1, 0.15) is 0 Å². The molecule has 2 aliphatic heterocycles. The van der Waals surface area contributed by atoms with E-state index in [1.165, 1.54) is 32.6 Å². The van der Waals surface area contributed by atoms with Gasteiger partial charge in [0.25, 0.3) is 0 Å². The van der Waals surface area contributed by atoms with Gasteiger partial charge in [-0.05, 0) is 13.7 Å². The first-order valence-electron chi connectivity index (χ1n) is 4.06. The molecule has 0 aliphatic carbocycles. The first-order valence-corrected chi connectivity index (χ1v) is 6.22. The molecule has 4 heteroatoms. The van der Waals surface area contributed by atoms with E-state index in [4.69, 9.17) is 0 Å². The lowest BCUT2D eigenvalue weighted by molar-refractivity contribution is -0.00337. The van der Waals surface area contributed by atoms with Crippen molar-refractivity contribution in [2.24, 2.45) is 0 Å². The van der Waals surface area contributed by atoms with Crippen LogP contribution in [0.25, 0.3) is 0 Å². The lowest BCUT2D eigenvalue weighted by Gasteiger charge is -2.46. The van der Waals surface area contributed by atoms with Gasteiger partial charge in [0.05, 0.1) is 20.0 Å². The van der Waals surface area contributed by atoms with Crippen molar-refractivity contribution in [3.8, 4) is 0 Å². The summed E-state index contributed by atoms with van der Waals surface area (Å²) in [6.45, 7) is 5.95. The van der Waals surface area contributed by atoms with E-state index in [0.717, 1.165) is 0 Å². The summed E-state index contributed by atoms with van der Waals surface area (Å²) >= 11 is 0. The molecule has 2 heterocycles. The SMILES string of the molecule is CN1CN2CN(C1)CP(C)C2. The monoisotopic (exact) mass is 173 g/mol. The highest BCUT2D eigenvalue weighted by Crippen LogP contribution is 2.37. The summed E-state index contributed by atoms with van der Waals surface area (Å²) in [7, 11) is 2.48. The minimum Gasteiger partial charge on any atom is -0.280 e. The zero-order valence-corrected chi connectivity index (χ0v) is 8.22. The summed E-state index contributed by atoms with van der Waals surface area (Å²) in [5.74, 6) is 0. The van der Waals surface area contributed by atoms with Crippen LogP contribution in [0.2, 0.25) is 0 Å². The number of hydrogen-bond donors (Lipinski definition) is 0. The Kier molecular flexibility index (Phi) is 2.15. The number of fused-ring (bicyclic) bond motifs is 2. The van der Waals surface area contributed by atoms with E-state index < -0.39 is 0 Å². The van der Waals surface area contributed by atoms with Crippen LogP contribution in [0.5, 0.6) is 0 Å². The average molecular weight is 173 g/mol. The molecule has 2 aliphatic rings. The predicted octanol–water partition coefficient (Wildman–Crippen LogP) is 0.449. The third-order valence-corrected chi connectivity index (χ3v) is 3.93. The molecule has 0 saturated carbocycles. The fraction of sp³-hybridized carbons (Fsp3) is 1.00. The molecule has 0 spiro atoms. The molecule has 11 heavy (non-hydrogen) atoms. The van der Waals surface area contributed by atoms with Crippen molar-refractivity contribution in [2.45, 2.75) is 0 Å². The standard InChI is InChI=1S/C7H16N3P/c1-8-3-9-5-10(4-8)7-11(2)6-9/h3-7H2,1-2H3.